The number of nitrogens with one attached hydrogen (secondary N) is 1. The van der Waals surface area contributed by atoms with E-state index in [0.29, 0.717) is 10.8 Å². The van der Waals surface area contributed by atoms with E-state index in [4.69, 9.17) is 0 Å². The van der Waals surface area contributed by atoms with E-state index in [1.165, 1.54) is 11.7 Å². The Balaban J connectivity index is 1.55. The summed E-state index contributed by atoms with van der Waals surface area (Å²) in [5.74, 6) is -0.479. The van der Waals surface area contributed by atoms with Gasteiger partial charge in [0, 0.05) is 18.0 Å². The van der Waals surface area contributed by atoms with Gasteiger partial charge in [0.15, 0.2) is 5.69 Å². The number of fused-ring (bicyclic) bond motifs is 3. The SMILES string of the molecule is Cn1nc(C(=O)N/N=C/c2c3ccccc3cc3ccccc23)c2ccccc2c1=O. The molecule has 1 amide bonds. The lowest BCUT2D eigenvalue weighted by Gasteiger charge is -2.08. The molecule has 1 N–H and O–H groups in total. The van der Waals surface area contributed by atoms with Gasteiger partial charge >= 0.3 is 0 Å². The third kappa shape index (κ3) is 3.24. The van der Waals surface area contributed by atoms with Gasteiger partial charge in [-0.25, -0.2) is 10.1 Å². The first-order valence-corrected chi connectivity index (χ1v) is 9.83. The average Bonchev–Trinajstić information content (AvgIpc) is 2.81. The van der Waals surface area contributed by atoms with E-state index in [1.54, 1.807) is 30.5 Å². The smallest absolute Gasteiger partial charge is 0.267 e. The number of hydrogen-bond acceptors (Lipinski definition) is 4. The van der Waals surface area contributed by atoms with Crippen LogP contribution in [0.2, 0.25) is 0 Å². The second kappa shape index (κ2) is 7.50. The summed E-state index contributed by atoms with van der Waals surface area (Å²) in [5, 5.41) is 13.6. The number of rotatable bonds is 3. The number of amides is 1. The number of hydrogen-bond donors (Lipinski definition) is 1. The van der Waals surface area contributed by atoms with Crippen molar-refractivity contribution in [3.05, 3.63) is 100 Å². The number of benzene rings is 4. The van der Waals surface area contributed by atoms with Gasteiger partial charge in [-0.2, -0.15) is 10.2 Å². The molecule has 6 nitrogen and oxygen atoms in total. The van der Waals surface area contributed by atoms with Crippen LogP contribution < -0.4 is 11.0 Å². The maximum absolute atomic E-state index is 12.8. The van der Waals surface area contributed by atoms with Crippen LogP contribution in [0, 0.1) is 0 Å². The fourth-order valence-corrected chi connectivity index (χ4v) is 3.86. The molecule has 5 rings (SSSR count). The van der Waals surface area contributed by atoms with Crippen molar-refractivity contribution in [3.63, 3.8) is 0 Å². The summed E-state index contributed by atoms with van der Waals surface area (Å²) in [6.45, 7) is 0. The van der Waals surface area contributed by atoms with Gasteiger partial charge in [-0.1, -0.05) is 66.7 Å². The maximum Gasteiger partial charge on any atom is 0.292 e. The number of hydrazone groups is 1. The second-order valence-corrected chi connectivity index (χ2v) is 7.25. The maximum atomic E-state index is 12.8. The zero-order chi connectivity index (χ0) is 21.4. The molecule has 6 heteroatoms. The molecule has 31 heavy (non-hydrogen) atoms. The minimum absolute atomic E-state index is 0.151. The molecule has 0 fully saturated rings. The van der Waals surface area contributed by atoms with Crippen LogP contribution in [0.15, 0.2) is 88.8 Å². The zero-order valence-corrected chi connectivity index (χ0v) is 16.7. The Bertz CT molecular complexity index is 1510. The van der Waals surface area contributed by atoms with E-state index < -0.39 is 5.91 Å². The number of carbonyl (C=O) groups excluding carboxylic acids is 1. The van der Waals surface area contributed by atoms with Crippen molar-refractivity contribution >= 4 is 44.4 Å². The van der Waals surface area contributed by atoms with Crippen molar-refractivity contribution in [1.29, 1.82) is 0 Å². The second-order valence-electron chi connectivity index (χ2n) is 7.25. The van der Waals surface area contributed by atoms with Gasteiger partial charge in [0.1, 0.15) is 0 Å². The highest BCUT2D eigenvalue weighted by molar-refractivity contribution is 6.13. The van der Waals surface area contributed by atoms with Crippen LogP contribution in [-0.4, -0.2) is 21.9 Å². The normalized spacial score (nSPS) is 11.5. The molecule has 0 aliphatic carbocycles. The Kier molecular flexibility index (Phi) is 4.52. The molecular weight excluding hydrogens is 388 g/mol. The van der Waals surface area contributed by atoms with Crippen LogP contribution in [0.1, 0.15) is 16.1 Å². The van der Waals surface area contributed by atoms with Gasteiger partial charge in [-0.05, 0) is 33.7 Å². The molecule has 1 aromatic heterocycles. The van der Waals surface area contributed by atoms with E-state index in [-0.39, 0.29) is 11.3 Å². The van der Waals surface area contributed by atoms with E-state index in [9.17, 15) is 9.59 Å². The molecule has 0 aliphatic rings. The van der Waals surface area contributed by atoms with Gasteiger partial charge < -0.3 is 0 Å². The number of nitrogens with zero attached hydrogens (tertiary/aromatic N) is 3. The lowest BCUT2D eigenvalue weighted by atomic mass is 9.97. The van der Waals surface area contributed by atoms with Gasteiger partial charge in [0.2, 0.25) is 0 Å². The molecule has 0 saturated heterocycles. The highest BCUT2D eigenvalue weighted by Gasteiger charge is 2.15. The van der Waals surface area contributed by atoms with E-state index >= 15 is 0 Å². The first-order chi connectivity index (χ1) is 15.1. The topological polar surface area (TPSA) is 76.3 Å². The lowest BCUT2D eigenvalue weighted by Crippen LogP contribution is -2.27. The average molecular weight is 406 g/mol. The first kappa shape index (κ1) is 18.7. The predicted molar refractivity (Wildman–Crippen MR) is 123 cm³/mol. The molecule has 0 saturated carbocycles. The van der Waals surface area contributed by atoms with Crippen LogP contribution >= 0.6 is 0 Å². The molecule has 5 aromatic rings. The molecule has 150 valence electrons. The molecule has 1 heterocycles. The van der Waals surface area contributed by atoms with Crippen molar-refractivity contribution in [2.24, 2.45) is 12.1 Å². The molecule has 0 atom stereocenters. The van der Waals surface area contributed by atoms with Crippen LogP contribution in [0.4, 0.5) is 0 Å². The highest BCUT2D eigenvalue weighted by Crippen LogP contribution is 2.27. The monoisotopic (exact) mass is 406 g/mol. The van der Waals surface area contributed by atoms with Crippen LogP contribution in [0.5, 0.6) is 0 Å². The number of carbonyl (C=O) groups is 1. The van der Waals surface area contributed by atoms with E-state index in [1.807, 2.05) is 36.4 Å². The largest absolute Gasteiger partial charge is 0.292 e. The summed E-state index contributed by atoms with van der Waals surface area (Å²) < 4.78 is 1.17. The number of aromatic nitrogens is 2. The molecule has 0 spiro atoms. The predicted octanol–water partition coefficient (Wildman–Crippen LogP) is 4.00. The van der Waals surface area contributed by atoms with Crippen LogP contribution in [-0.2, 0) is 7.05 Å². The van der Waals surface area contributed by atoms with Crippen molar-refractivity contribution in [2.45, 2.75) is 0 Å². The Hall–Kier alpha value is -4.32. The van der Waals surface area contributed by atoms with Crippen molar-refractivity contribution < 1.29 is 4.79 Å². The van der Waals surface area contributed by atoms with Crippen molar-refractivity contribution in [1.82, 2.24) is 15.2 Å². The van der Waals surface area contributed by atoms with Crippen LogP contribution in [0.25, 0.3) is 32.3 Å². The van der Waals surface area contributed by atoms with Gasteiger partial charge in [0.25, 0.3) is 11.5 Å². The quantitative estimate of drug-likeness (QED) is 0.279. The molecule has 0 bridgehead atoms. The fraction of sp³-hybridized carbons (Fsp3) is 0.0400. The Labute approximate surface area is 177 Å². The summed E-state index contributed by atoms with van der Waals surface area (Å²) in [6, 6.07) is 25.2. The molecular formula is C25H18N4O2. The van der Waals surface area contributed by atoms with Crippen molar-refractivity contribution in [3.8, 4) is 0 Å². The minimum Gasteiger partial charge on any atom is -0.267 e. The summed E-state index contributed by atoms with van der Waals surface area (Å²) in [6.07, 6.45) is 1.66. The lowest BCUT2D eigenvalue weighted by molar-refractivity contribution is 0.0950. The summed E-state index contributed by atoms with van der Waals surface area (Å²) in [7, 11) is 1.52. The highest BCUT2D eigenvalue weighted by atomic mass is 16.2. The standard InChI is InChI=1S/C25H18N4O2/c1-29-25(31)21-13-7-6-12-20(21)23(28-29)24(30)27-26-15-22-18-10-4-2-8-16(18)14-17-9-3-5-11-19(17)22/h2-15H,1H3,(H,27,30)/b26-15+. The van der Waals surface area contributed by atoms with E-state index in [2.05, 4.69) is 33.8 Å². The fourth-order valence-electron chi connectivity index (χ4n) is 3.86. The summed E-state index contributed by atoms with van der Waals surface area (Å²) >= 11 is 0. The molecule has 0 unspecified atom stereocenters. The Morgan fingerprint density at radius 1 is 0.871 bits per heavy atom. The minimum atomic E-state index is -0.479. The van der Waals surface area contributed by atoms with Gasteiger partial charge in [0.05, 0.1) is 11.6 Å². The molecule has 0 radical (unpaired) electrons. The Morgan fingerprint density at radius 2 is 1.42 bits per heavy atom. The number of aryl methyl sites for hydroxylation is 1. The zero-order valence-electron chi connectivity index (χ0n) is 16.7. The van der Waals surface area contributed by atoms with Crippen LogP contribution in [0.3, 0.4) is 0 Å². The Morgan fingerprint density at radius 3 is 2.06 bits per heavy atom. The third-order valence-electron chi connectivity index (χ3n) is 5.34. The summed E-state index contributed by atoms with van der Waals surface area (Å²) in [5.41, 5.74) is 3.39. The third-order valence-corrected chi connectivity index (χ3v) is 5.34. The van der Waals surface area contributed by atoms with Gasteiger partial charge in [-0.15, -0.1) is 0 Å². The first-order valence-electron chi connectivity index (χ1n) is 9.83. The van der Waals surface area contributed by atoms with Crippen molar-refractivity contribution in [2.75, 3.05) is 0 Å². The van der Waals surface area contributed by atoms with E-state index in [0.717, 1.165) is 27.1 Å². The molecule has 0 aliphatic heterocycles. The summed E-state index contributed by atoms with van der Waals surface area (Å²) in [4.78, 5) is 25.1. The van der Waals surface area contributed by atoms with Gasteiger partial charge in [-0.3, -0.25) is 9.59 Å². The molecule has 4 aromatic carbocycles.